The number of nitrogens with zero attached hydrogens (tertiary/aromatic N) is 4. The molecule has 68 valence electrons. The third kappa shape index (κ3) is 1.37. The van der Waals surface area contributed by atoms with E-state index >= 15 is 0 Å². The predicted octanol–water partition coefficient (Wildman–Crippen LogP) is 1.20. The fraction of sp³-hybridized carbons (Fsp3) is 0.286. The van der Waals surface area contributed by atoms with E-state index in [0.29, 0.717) is 17.5 Å². The Morgan fingerprint density at radius 3 is 2.92 bits per heavy atom. The number of rotatable bonds is 1. The molecule has 0 atom stereocenters. The summed E-state index contributed by atoms with van der Waals surface area (Å²) < 4.78 is 7.38. The van der Waals surface area contributed by atoms with Crippen LogP contribution < -0.4 is 4.74 Å². The highest BCUT2D eigenvalue weighted by molar-refractivity contribution is 9.10. The van der Waals surface area contributed by atoms with Crippen LogP contribution in [0.1, 0.15) is 5.82 Å². The van der Waals surface area contributed by atoms with E-state index in [1.165, 1.54) is 0 Å². The van der Waals surface area contributed by atoms with E-state index in [-0.39, 0.29) is 0 Å². The highest BCUT2D eigenvalue weighted by Gasteiger charge is 2.06. The Morgan fingerprint density at radius 2 is 2.23 bits per heavy atom. The lowest BCUT2D eigenvalue weighted by molar-refractivity contribution is 0.394. The number of hydrogen-bond acceptors (Lipinski definition) is 4. The van der Waals surface area contributed by atoms with E-state index in [9.17, 15) is 0 Å². The molecule has 0 spiro atoms. The molecular formula is C7H7BrN4O. The van der Waals surface area contributed by atoms with Gasteiger partial charge >= 0.3 is 0 Å². The molecule has 0 radical (unpaired) electrons. The third-order valence-corrected chi connectivity index (χ3v) is 2.10. The fourth-order valence-electron chi connectivity index (χ4n) is 1.03. The summed E-state index contributed by atoms with van der Waals surface area (Å²) in [4.78, 5) is 8.24. The second kappa shape index (κ2) is 2.95. The molecule has 2 rings (SSSR count). The Kier molecular flexibility index (Phi) is 1.91. The van der Waals surface area contributed by atoms with Crippen molar-refractivity contribution in [1.82, 2.24) is 19.6 Å². The van der Waals surface area contributed by atoms with Crippen molar-refractivity contribution in [2.24, 2.45) is 0 Å². The molecule has 0 bridgehead atoms. The van der Waals surface area contributed by atoms with Gasteiger partial charge in [-0.05, 0) is 22.9 Å². The Labute approximate surface area is 82.9 Å². The molecule has 0 amide bonds. The van der Waals surface area contributed by atoms with Gasteiger partial charge in [-0.1, -0.05) is 0 Å². The largest absolute Gasteiger partial charge is 0.480 e. The molecule has 0 N–H and O–H groups in total. The maximum atomic E-state index is 5.02. The lowest BCUT2D eigenvalue weighted by Crippen LogP contribution is -1.95. The number of fused-ring (bicyclic) bond motifs is 1. The van der Waals surface area contributed by atoms with Crippen LogP contribution in [0.4, 0.5) is 0 Å². The van der Waals surface area contributed by atoms with Gasteiger partial charge in [0, 0.05) is 0 Å². The average Bonchev–Trinajstić information content (AvgIpc) is 2.42. The van der Waals surface area contributed by atoms with Crippen LogP contribution in [0.5, 0.6) is 5.88 Å². The molecule has 0 aliphatic rings. The molecule has 0 saturated carbocycles. The fourth-order valence-corrected chi connectivity index (χ4v) is 1.48. The molecule has 5 nitrogen and oxygen atoms in total. The number of ether oxygens (including phenoxy) is 1. The molecule has 2 aromatic rings. The quantitative estimate of drug-likeness (QED) is 0.755. The van der Waals surface area contributed by atoms with E-state index in [0.717, 1.165) is 4.47 Å². The van der Waals surface area contributed by atoms with Gasteiger partial charge in [-0.25, -0.2) is 4.52 Å². The highest BCUT2D eigenvalue weighted by atomic mass is 79.9. The van der Waals surface area contributed by atoms with Crippen molar-refractivity contribution < 1.29 is 4.74 Å². The van der Waals surface area contributed by atoms with Gasteiger partial charge in [0.1, 0.15) is 5.82 Å². The van der Waals surface area contributed by atoms with Crippen molar-refractivity contribution in [3.05, 3.63) is 16.5 Å². The van der Waals surface area contributed by atoms with Crippen molar-refractivity contribution in [2.75, 3.05) is 7.11 Å². The summed E-state index contributed by atoms with van der Waals surface area (Å²) in [6.07, 6.45) is 1.77. The molecule has 0 aliphatic carbocycles. The number of aryl methyl sites for hydroxylation is 1. The first kappa shape index (κ1) is 8.43. The molecule has 0 fully saturated rings. The van der Waals surface area contributed by atoms with Crippen LogP contribution >= 0.6 is 15.9 Å². The number of methoxy groups -OCH3 is 1. The normalized spacial score (nSPS) is 10.7. The third-order valence-electron chi connectivity index (χ3n) is 1.55. The predicted molar refractivity (Wildman–Crippen MR) is 49.8 cm³/mol. The van der Waals surface area contributed by atoms with Crippen LogP contribution in [0.25, 0.3) is 5.78 Å². The molecule has 0 aliphatic heterocycles. The topological polar surface area (TPSA) is 52.3 Å². The van der Waals surface area contributed by atoms with Gasteiger partial charge in [-0.2, -0.15) is 15.1 Å². The number of hydrogen-bond donors (Lipinski definition) is 0. The zero-order chi connectivity index (χ0) is 9.42. The Morgan fingerprint density at radius 1 is 1.46 bits per heavy atom. The number of halogens is 1. The van der Waals surface area contributed by atoms with E-state index in [1.54, 1.807) is 17.8 Å². The molecule has 0 aromatic carbocycles. The minimum Gasteiger partial charge on any atom is -0.480 e. The first-order chi connectivity index (χ1) is 6.20. The van der Waals surface area contributed by atoms with Crippen LogP contribution in [-0.4, -0.2) is 26.7 Å². The van der Waals surface area contributed by atoms with Crippen molar-refractivity contribution in [2.45, 2.75) is 6.92 Å². The SMILES string of the molecule is COc1nc2nc(C)nn2cc1Br. The van der Waals surface area contributed by atoms with Gasteiger partial charge in [0.2, 0.25) is 5.88 Å². The summed E-state index contributed by atoms with van der Waals surface area (Å²) >= 11 is 3.31. The second-order valence-electron chi connectivity index (χ2n) is 2.50. The van der Waals surface area contributed by atoms with Crippen LogP contribution in [0.3, 0.4) is 0 Å². The maximum absolute atomic E-state index is 5.02. The standard InChI is InChI=1S/C7H7BrN4O/c1-4-9-7-10-6(13-2)5(8)3-12(7)11-4/h3H,1-2H3. The Bertz CT molecular complexity index is 453. The zero-order valence-electron chi connectivity index (χ0n) is 7.15. The average molecular weight is 243 g/mol. The minimum atomic E-state index is 0.514. The highest BCUT2D eigenvalue weighted by Crippen LogP contribution is 2.21. The molecule has 2 heterocycles. The van der Waals surface area contributed by atoms with Crippen LogP contribution in [0.2, 0.25) is 0 Å². The van der Waals surface area contributed by atoms with Crippen molar-refractivity contribution in [3.8, 4) is 5.88 Å². The van der Waals surface area contributed by atoms with E-state index in [2.05, 4.69) is 31.0 Å². The van der Waals surface area contributed by atoms with Gasteiger partial charge in [-0.3, -0.25) is 0 Å². The lowest BCUT2D eigenvalue weighted by Gasteiger charge is -2.00. The van der Waals surface area contributed by atoms with E-state index < -0.39 is 0 Å². The minimum absolute atomic E-state index is 0.514. The summed E-state index contributed by atoms with van der Waals surface area (Å²) in [5, 5.41) is 4.11. The van der Waals surface area contributed by atoms with Crippen LogP contribution in [0, 0.1) is 6.92 Å². The molecule has 13 heavy (non-hydrogen) atoms. The van der Waals surface area contributed by atoms with Crippen LogP contribution in [0.15, 0.2) is 10.7 Å². The van der Waals surface area contributed by atoms with Crippen molar-refractivity contribution in [1.29, 1.82) is 0 Å². The van der Waals surface area contributed by atoms with Crippen LogP contribution in [-0.2, 0) is 0 Å². The van der Waals surface area contributed by atoms with Gasteiger partial charge in [0.15, 0.2) is 0 Å². The molecule has 0 unspecified atom stereocenters. The monoisotopic (exact) mass is 242 g/mol. The van der Waals surface area contributed by atoms with Gasteiger partial charge < -0.3 is 4.74 Å². The molecule has 6 heteroatoms. The van der Waals surface area contributed by atoms with Crippen molar-refractivity contribution in [3.63, 3.8) is 0 Å². The Hall–Kier alpha value is -1.17. The Balaban J connectivity index is 2.72. The number of aromatic nitrogens is 4. The first-order valence-corrected chi connectivity index (χ1v) is 4.43. The van der Waals surface area contributed by atoms with Gasteiger partial charge in [-0.15, -0.1) is 0 Å². The molecular weight excluding hydrogens is 236 g/mol. The second-order valence-corrected chi connectivity index (χ2v) is 3.36. The molecule has 0 saturated heterocycles. The zero-order valence-corrected chi connectivity index (χ0v) is 8.74. The maximum Gasteiger partial charge on any atom is 0.255 e. The summed E-state index contributed by atoms with van der Waals surface area (Å²) in [6, 6.07) is 0. The van der Waals surface area contributed by atoms with Gasteiger partial charge in [0.25, 0.3) is 5.78 Å². The van der Waals surface area contributed by atoms with Crippen molar-refractivity contribution >= 4 is 21.7 Å². The van der Waals surface area contributed by atoms with E-state index in [4.69, 9.17) is 4.74 Å². The summed E-state index contributed by atoms with van der Waals surface area (Å²) in [5.74, 6) is 1.74. The van der Waals surface area contributed by atoms with E-state index in [1.807, 2.05) is 6.92 Å². The smallest absolute Gasteiger partial charge is 0.255 e. The summed E-state index contributed by atoms with van der Waals surface area (Å²) in [7, 11) is 1.56. The van der Waals surface area contributed by atoms with Gasteiger partial charge in [0.05, 0.1) is 17.8 Å². The lowest BCUT2D eigenvalue weighted by atomic mass is 10.6. The summed E-state index contributed by atoms with van der Waals surface area (Å²) in [6.45, 7) is 1.81. The first-order valence-electron chi connectivity index (χ1n) is 3.64. The molecule has 2 aromatic heterocycles. The summed E-state index contributed by atoms with van der Waals surface area (Å²) in [5.41, 5.74) is 0.